The molecule has 1 N–H and O–H groups in total. The van der Waals surface area contributed by atoms with Crippen LogP contribution in [0, 0.1) is 0 Å². The molecule has 7 nitrogen and oxygen atoms in total. The van der Waals surface area contributed by atoms with Crippen LogP contribution in [0.3, 0.4) is 0 Å². The number of carbonyl (C=O) groups is 1. The van der Waals surface area contributed by atoms with E-state index in [2.05, 4.69) is 69.9 Å². The van der Waals surface area contributed by atoms with E-state index in [0.29, 0.717) is 32.9 Å². The second-order valence-electron chi connectivity index (χ2n) is 4.68. The molecule has 0 radical (unpaired) electrons. The van der Waals surface area contributed by atoms with Crippen molar-refractivity contribution in [3.05, 3.63) is 46.0 Å². The van der Waals surface area contributed by atoms with Crippen molar-refractivity contribution in [3.63, 3.8) is 0 Å². The van der Waals surface area contributed by atoms with Crippen molar-refractivity contribution < 1.29 is 29.0 Å². The molecule has 0 saturated carbocycles. The Labute approximate surface area is 217 Å². The van der Waals surface area contributed by atoms with Crippen molar-refractivity contribution in [1.82, 2.24) is 9.97 Å². The normalized spacial score (nSPS) is 9.59. The Morgan fingerprint density at radius 2 is 1.45 bits per heavy atom. The molecule has 0 fully saturated rings. The van der Waals surface area contributed by atoms with Crippen LogP contribution in [0.2, 0.25) is 10.0 Å². The number of carbonyl (C=O) groups excluding carboxylic acids is 1. The van der Waals surface area contributed by atoms with Crippen LogP contribution in [0.25, 0.3) is 0 Å². The van der Waals surface area contributed by atoms with Crippen molar-refractivity contribution in [2.75, 3.05) is 14.2 Å². The van der Waals surface area contributed by atoms with Gasteiger partial charge in [0.2, 0.25) is 0 Å². The standard InChI is InChI=1S/C9H10ClNO3.C7H8ClNO2.3HI.V/c1-6(12)14-5-8-9(13-2)7(10)3-4-11-8;1-11-7-5(8)2-3-9-6(7)4-10;;;;/h3-4H,5H2,1-2H3;2-3,10H,4H2,1H3;3*1H;/q;;;;;+3/p-3. The van der Waals surface area contributed by atoms with Gasteiger partial charge in [-0.3, -0.25) is 14.8 Å². The minimum atomic E-state index is -0.367. The number of aliphatic hydroxyl groups is 1. The first-order chi connectivity index (χ1) is 13.7. The molecule has 13 heteroatoms. The zero-order valence-electron chi connectivity index (χ0n) is 15.5. The van der Waals surface area contributed by atoms with Crippen LogP contribution in [0.4, 0.5) is 0 Å². The Bertz CT molecular complexity index is 773. The summed E-state index contributed by atoms with van der Waals surface area (Å²) in [6.07, 6.45) is 3.06. The molecule has 2 aromatic rings. The predicted molar refractivity (Wildman–Crippen MR) is 135 cm³/mol. The summed E-state index contributed by atoms with van der Waals surface area (Å²) in [5, 5.41) is 9.69. The second kappa shape index (κ2) is 17.3. The van der Waals surface area contributed by atoms with E-state index >= 15 is 0 Å². The Morgan fingerprint density at radius 1 is 1.03 bits per heavy atom. The van der Waals surface area contributed by atoms with Crippen LogP contribution in [0.15, 0.2) is 24.5 Å². The van der Waals surface area contributed by atoms with Crippen LogP contribution in [-0.2, 0) is 27.7 Å². The molecule has 0 unspecified atom stereocenters. The summed E-state index contributed by atoms with van der Waals surface area (Å²) in [7, 11) is 2.97. The summed E-state index contributed by atoms with van der Waals surface area (Å²) in [5.41, 5.74) is 0.968. The fraction of sp³-hybridized carbons (Fsp3) is 0.312. The SMILES string of the molecule is COc1c(Cl)ccnc1CO.COc1c(Cl)ccnc1COC(C)=O.[I][V]([I])[I]. The van der Waals surface area contributed by atoms with Crippen molar-refractivity contribution in [2.24, 2.45) is 0 Å². The fourth-order valence-corrected chi connectivity index (χ4v) is 2.23. The van der Waals surface area contributed by atoms with E-state index in [4.69, 9.17) is 42.5 Å². The van der Waals surface area contributed by atoms with Crippen molar-refractivity contribution in [1.29, 1.82) is 0 Å². The third-order valence-corrected chi connectivity index (χ3v) is 3.43. The van der Waals surface area contributed by atoms with E-state index in [1.807, 2.05) is 0 Å². The average Bonchev–Trinajstić information content (AvgIpc) is 2.66. The van der Waals surface area contributed by atoms with Crippen molar-refractivity contribution in [3.8, 4) is 11.5 Å². The summed E-state index contributed by atoms with van der Waals surface area (Å²) >= 11 is 19.0. The number of nitrogens with zero attached hydrogens (tertiary/aromatic N) is 2. The van der Waals surface area contributed by atoms with Crippen LogP contribution < -0.4 is 9.47 Å². The van der Waals surface area contributed by atoms with Crippen LogP contribution in [0.5, 0.6) is 11.5 Å². The maximum atomic E-state index is 10.6. The van der Waals surface area contributed by atoms with Gasteiger partial charge in [0.25, 0.3) is 0 Å². The molecule has 0 aliphatic carbocycles. The van der Waals surface area contributed by atoms with Crippen molar-refractivity contribution >= 4 is 89.1 Å². The van der Waals surface area contributed by atoms with Crippen LogP contribution in [-0.4, -0.2) is 35.3 Å². The van der Waals surface area contributed by atoms with Gasteiger partial charge in [-0.1, -0.05) is 23.2 Å². The summed E-state index contributed by atoms with van der Waals surface area (Å²) in [4.78, 5) is 18.2. The van der Waals surface area contributed by atoms with Gasteiger partial charge in [-0.15, -0.1) is 0 Å². The van der Waals surface area contributed by atoms with E-state index in [9.17, 15) is 4.79 Å². The van der Waals surface area contributed by atoms with Gasteiger partial charge in [-0.25, -0.2) is 0 Å². The number of rotatable bonds is 5. The molecule has 2 rings (SSSR count). The van der Waals surface area contributed by atoms with Gasteiger partial charge in [-0.05, 0) is 12.1 Å². The third kappa shape index (κ3) is 13.0. The van der Waals surface area contributed by atoms with E-state index < -0.39 is 0 Å². The molecule has 2 aromatic heterocycles. The Balaban J connectivity index is 0.000000466. The van der Waals surface area contributed by atoms with E-state index in [1.165, 1.54) is 33.5 Å². The van der Waals surface area contributed by atoms with Gasteiger partial charge in [0.05, 0.1) is 30.9 Å². The van der Waals surface area contributed by atoms with E-state index in [0.717, 1.165) is 0 Å². The third-order valence-electron chi connectivity index (χ3n) is 2.83. The summed E-state index contributed by atoms with van der Waals surface area (Å²) < 4.78 is 14.7. The quantitative estimate of drug-likeness (QED) is 0.306. The first-order valence-corrected chi connectivity index (χ1v) is 21.8. The molecular weight excluding hydrogens is 803 g/mol. The number of ether oxygens (including phenoxy) is 3. The molecule has 162 valence electrons. The number of pyridine rings is 2. The summed E-state index contributed by atoms with van der Waals surface area (Å²) in [5.74, 6) is 0.515. The van der Waals surface area contributed by atoms with Gasteiger partial charge in [0, 0.05) is 19.3 Å². The number of aromatic nitrogens is 2. The van der Waals surface area contributed by atoms with E-state index in [1.54, 1.807) is 12.1 Å². The van der Waals surface area contributed by atoms with Gasteiger partial charge in [0.15, 0.2) is 11.5 Å². The van der Waals surface area contributed by atoms with Crippen molar-refractivity contribution in [2.45, 2.75) is 20.1 Å². The van der Waals surface area contributed by atoms with Gasteiger partial charge in [0.1, 0.15) is 18.0 Å². The van der Waals surface area contributed by atoms with Gasteiger partial charge < -0.3 is 19.3 Å². The van der Waals surface area contributed by atoms with E-state index in [-0.39, 0.29) is 24.1 Å². The topological polar surface area (TPSA) is 90.8 Å². The molecular formula is C16H18Cl2I3N2O5V. The summed E-state index contributed by atoms with van der Waals surface area (Å²) in [6.45, 7) is 1.24. The molecule has 0 aliphatic heterocycles. The van der Waals surface area contributed by atoms with Crippen LogP contribution in [0.1, 0.15) is 18.3 Å². The zero-order chi connectivity index (χ0) is 22.4. The maximum absolute atomic E-state index is 10.6. The predicted octanol–water partition coefficient (Wildman–Crippen LogP) is 5.70. The first-order valence-electron chi connectivity index (χ1n) is 7.54. The average molecular weight is 821 g/mol. The summed E-state index contributed by atoms with van der Waals surface area (Å²) in [6, 6.07) is 3.22. The Morgan fingerprint density at radius 3 is 1.79 bits per heavy atom. The number of hydrogen-bond donors (Lipinski definition) is 1. The second-order valence-corrected chi connectivity index (χ2v) is 40.9. The molecule has 0 amide bonds. The fourth-order valence-electron chi connectivity index (χ4n) is 1.75. The molecule has 29 heavy (non-hydrogen) atoms. The first kappa shape index (κ1) is 29.7. The molecule has 0 atom stereocenters. The molecule has 0 aliphatic rings. The molecule has 0 saturated heterocycles. The minimum absolute atomic E-state index is 0.0685. The Hall–Kier alpha value is 0.684. The van der Waals surface area contributed by atoms with Gasteiger partial charge >= 0.3 is 70.8 Å². The zero-order valence-corrected chi connectivity index (χ0v) is 24.9. The molecule has 0 spiro atoms. The molecule has 2 heterocycles. The number of halogens is 5. The molecule has 0 aromatic carbocycles. The number of esters is 1. The van der Waals surface area contributed by atoms with Gasteiger partial charge in [-0.2, -0.15) is 0 Å². The molecule has 0 bridgehead atoms. The number of hydrogen-bond acceptors (Lipinski definition) is 7. The van der Waals surface area contributed by atoms with Crippen LogP contribution >= 0.6 is 83.1 Å². The number of methoxy groups -OCH3 is 2. The Kier molecular flexibility index (Phi) is 17.7. The number of aliphatic hydroxyl groups excluding tert-OH is 1. The monoisotopic (exact) mass is 820 g/mol.